The molecular formula is C18H25N3O5S. The van der Waals surface area contributed by atoms with E-state index in [1.54, 1.807) is 23.1 Å². The fourth-order valence-corrected chi connectivity index (χ4v) is 4.31. The third-order valence-corrected chi connectivity index (χ3v) is 5.42. The molecule has 0 unspecified atom stereocenters. The molecular weight excluding hydrogens is 370 g/mol. The summed E-state index contributed by atoms with van der Waals surface area (Å²) in [7, 11) is -3.59. The topological polar surface area (TPSA) is 111 Å². The van der Waals surface area contributed by atoms with Crippen molar-refractivity contribution in [1.82, 2.24) is 4.90 Å². The maximum atomic E-state index is 12.3. The molecule has 1 saturated heterocycles. The molecule has 0 spiro atoms. The molecule has 8 nitrogen and oxygen atoms in total. The number of carbonyl (C=O) groups excluding carboxylic acids is 1. The number of piperidine rings is 1. The molecule has 1 fully saturated rings. The molecule has 0 bridgehead atoms. The Balaban J connectivity index is 1.76. The maximum absolute atomic E-state index is 12.3. The normalized spacial score (nSPS) is 21.8. The van der Waals surface area contributed by atoms with Crippen LogP contribution in [-0.4, -0.2) is 50.0 Å². The van der Waals surface area contributed by atoms with Crippen molar-refractivity contribution in [2.75, 3.05) is 13.1 Å². The van der Waals surface area contributed by atoms with E-state index < -0.39 is 15.6 Å². The lowest BCUT2D eigenvalue weighted by molar-refractivity contribution is 0.00773. The first-order chi connectivity index (χ1) is 12.5. The molecule has 0 aliphatic carbocycles. The minimum atomic E-state index is -3.59. The van der Waals surface area contributed by atoms with E-state index in [9.17, 15) is 13.2 Å². The van der Waals surface area contributed by atoms with Gasteiger partial charge in [0.1, 0.15) is 23.3 Å². The van der Waals surface area contributed by atoms with Gasteiger partial charge in [0, 0.05) is 6.54 Å². The summed E-state index contributed by atoms with van der Waals surface area (Å²) < 4.78 is 38.7. The van der Waals surface area contributed by atoms with E-state index in [0.29, 0.717) is 30.0 Å². The molecule has 0 radical (unpaired) electrons. The molecule has 9 heteroatoms. The van der Waals surface area contributed by atoms with Gasteiger partial charge in [-0.25, -0.2) is 13.2 Å². The highest BCUT2D eigenvalue weighted by Crippen LogP contribution is 2.30. The Morgan fingerprint density at radius 3 is 2.78 bits per heavy atom. The lowest BCUT2D eigenvalue weighted by atomic mass is 10.1. The number of ether oxygens (including phenoxy) is 2. The molecule has 2 aliphatic rings. The average molecular weight is 395 g/mol. The zero-order chi connectivity index (χ0) is 19.8. The van der Waals surface area contributed by atoms with Crippen molar-refractivity contribution in [3.63, 3.8) is 0 Å². The van der Waals surface area contributed by atoms with E-state index >= 15 is 0 Å². The molecule has 1 atom stereocenters. The highest BCUT2D eigenvalue weighted by atomic mass is 32.2. The van der Waals surface area contributed by atoms with Crippen molar-refractivity contribution in [3.8, 4) is 5.75 Å². The lowest BCUT2D eigenvalue weighted by Gasteiger charge is -2.34. The summed E-state index contributed by atoms with van der Waals surface area (Å²) in [5, 5.41) is 0. The van der Waals surface area contributed by atoms with Gasteiger partial charge in [0.25, 0.3) is 10.0 Å². The number of nitrogens with zero attached hydrogens (tertiary/aromatic N) is 2. The predicted molar refractivity (Wildman–Crippen MR) is 101 cm³/mol. The maximum Gasteiger partial charge on any atom is 0.410 e. The van der Waals surface area contributed by atoms with Gasteiger partial charge in [0.15, 0.2) is 0 Å². The Bertz CT molecular complexity index is 873. The summed E-state index contributed by atoms with van der Waals surface area (Å²) >= 11 is 0. The summed E-state index contributed by atoms with van der Waals surface area (Å²) in [6.07, 6.45) is 0.969. The van der Waals surface area contributed by atoms with E-state index in [2.05, 4.69) is 4.40 Å². The van der Waals surface area contributed by atoms with Crippen molar-refractivity contribution in [1.29, 1.82) is 0 Å². The van der Waals surface area contributed by atoms with Crippen LogP contribution in [0.3, 0.4) is 0 Å². The third-order valence-electron chi connectivity index (χ3n) is 4.27. The zero-order valence-corrected chi connectivity index (χ0v) is 16.6. The van der Waals surface area contributed by atoms with Gasteiger partial charge in [-0.1, -0.05) is 12.1 Å². The molecule has 1 aromatic carbocycles. The number of hydrogen-bond donors (Lipinski definition) is 1. The van der Waals surface area contributed by atoms with Crippen LogP contribution in [0.4, 0.5) is 4.79 Å². The fraction of sp³-hybridized carbons (Fsp3) is 0.556. The van der Waals surface area contributed by atoms with Crippen LogP contribution >= 0.6 is 0 Å². The number of carbonyl (C=O) groups is 1. The second-order valence-corrected chi connectivity index (χ2v) is 9.44. The Labute approximate surface area is 159 Å². The van der Waals surface area contributed by atoms with Gasteiger partial charge < -0.3 is 20.1 Å². The number of fused-ring (bicyclic) bond motifs is 1. The number of sulfonamides is 1. The van der Waals surface area contributed by atoms with Gasteiger partial charge >= 0.3 is 6.09 Å². The van der Waals surface area contributed by atoms with E-state index in [0.717, 1.165) is 12.8 Å². The molecule has 1 amide bonds. The monoisotopic (exact) mass is 395 g/mol. The zero-order valence-electron chi connectivity index (χ0n) is 15.8. The van der Waals surface area contributed by atoms with Crippen molar-refractivity contribution in [3.05, 3.63) is 29.3 Å². The van der Waals surface area contributed by atoms with E-state index in [-0.39, 0.29) is 23.8 Å². The first kappa shape index (κ1) is 19.5. The number of nitrogens with two attached hydrogens (primary N) is 1. The summed E-state index contributed by atoms with van der Waals surface area (Å²) in [5.74, 6) is 0.223. The predicted octanol–water partition coefficient (Wildman–Crippen LogP) is 2.01. The third kappa shape index (κ3) is 4.71. The molecule has 0 aromatic heterocycles. The van der Waals surface area contributed by atoms with Crippen LogP contribution in [0.5, 0.6) is 5.75 Å². The number of amides is 1. The standard InChI is InChI=1S/C18H25N3O5S/c1-18(2,3)26-17(22)21-9-5-7-13(10-21)25-14-8-4-6-12-11-27(23,24)20-16(19)15(12)14/h4,6,8,13H,5,7,9-11H2,1-3H3,(H2,19,20)/t13-/m0/s1. The Hall–Kier alpha value is -2.29. The lowest BCUT2D eigenvalue weighted by Crippen LogP contribution is -2.46. The summed E-state index contributed by atoms with van der Waals surface area (Å²) in [6.45, 7) is 6.50. The molecule has 27 heavy (non-hydrogen) atoms. The van der Waals surface area contributed by atoms with E-state index in [1.165, 1.54) is 0 Å². The van der Waals surface area contributed by atoms with E-state index in [1.807, 2.05) is 20.8 Å². The van der Waals surface area contributed by atoms with Crippen molar-refractivity contribution < 1.29 is 22.7 Å². The van der Waals surface area contributed by atoms with Crippen LogP contribution < -0.4 is 10.5 Å². The minimum Gasteiger partial charge on any atom is -0.488 e. The van der Waals surface area contributed by atoms with Gasteiger partial charge in [0.2, 0.25) is 0 Å². The Kier molecular flexibility index (Phi) is 5.07. The highest BCUT2D eigenvalue weighted by molar-refractivity contribution is 7.89. The molecule has 148 valence electrons. The van der Waals surface area contributed by atoms with Gasteiger partial charge in [0.05, 0.1) is 17.9 Å². The molecule has 3 rings (SSSR count). The largest absolute Gasteiger partial charge is 0.488 e. The van der Waals surface area contributed by atoms with Crippen LogP contribution in [0.1, 0.15) is 44.7 Å². The van der Waals surface area contributed by atoms with Crippen molar-refractivity contribution in [2.24, 2.45) is 10.1 Å². The quantitative estimate of drug-likeness (QED) is 0.820. The van der Waals surface area contributed by atoms with Crippen LogP contribution in [0.2, 0.25) is 0 Å². The molecule has 0 saturated carbocycles. The first-order valence-corrected chi connectivity index (χ1v) is 10.5. The van der Waals surface area contributed by atoms with Crippen molar-refractivity contribution >= 4 is 22.0 Å². The summed E-state index contributed by atoms with van der Waals surface area (Å²) in [6, 6.07) is 5.18. The van der Waals surface area contributed by atoms with Gasteiger partial charge in [-0.15, -0.1) is 4.40 Å². The molecule has 2 aliphatic heterocycles. The second-order valence-electron chi connectivity index (χ2n) is 7.80. The van der Waals surface area contributed by atoms with Crippen molar-refractivity contribution in [2.45, 2.75) is 51.1 Å². The SMILES string of the molecule is CC(C)(C)OC(=O)N1CCC[C@H](Oc2cccc3c2C(N)=NS(=O)(=O)C3)C1. The second kappa shape index (κ2) is 7.03. The van der Waals surface area contributed by atoms with Crippen LogP contribution in [0.25, 0.3) is 0 Å². The first-order valence-electron chi connectivity index (χ1n) is 8.89. The van der Waals surface area contributed by atoms with Gasteiger partial charge in [-0.3, -0.25) is 0 Å². The molecule has 2 N–H and O–H groups in total. The number of hydrogen-bond acceptors (Lipinski definition) is 6. The summed E-state index contributed by atoms with van der Waals surface area (Å²) in [4.78, 5) is 13.9. The highest BCUT2D eigenvalue weighted by Gasteiger charge is 2.30. The minimum absolute atomic E-state index is 0.0633. The number of likely N-dealkylation sites (tertiary alicyclic amines) is 1. The van der Waals surface area contributed by atoms with Crippen LogP contribution in [0, 0.1) is 0 Å². The number of rotatable bonds is 2. The molecule has 2 heterocycles. The van der Waals surface area contributed by atoms with Gasteiger partial charge in [-0.05, 0) is 45.2 Å². The van der Waals surface area contributed by atoms with Crippen LogP contribution in [-0.2, 0) is 20.5 Å². The van der Waals surface area contributed by atoms with E-state index in [4.69, 9.17) is 15.2 Å². The Morgan fingerprint density at radius 2 is 2.07 bits per heavy atom. The number of benzene rings is 1. The van der Waals surface area contributed by atoms with Gasteiger partial charge in [-0.2, -0.15) is 0 Å². The Morgan fingerprint density at radius 1 is 1.33 bits per heavy atom. The molecule has 1 aromatic rings. The van der Waals surface area contributed by atoms with Crippen LogP contribution in [0.15, 0.2) is 22.6 Å². The average Bonchev–Trinajstić information content (AvgIpc) is 2.52. The summed E-state index contributed by atoms with van der Waals surface area (Å²) in [5.41, 5.74) is 6.41. The fourth-order valence-electron chi connectivity index (χ4n) is 3.22. The smallest absolute Gasteiger partial charge is 0.410 e. The number of amidine groups is 1.